The van der Waals surface area contributed by atoms with E-state index in [0.29, 0.717) is 5.92 Å². The third-order valence-electron chi connectivity index (χ3n) is 5.29. The van der Waals surface area contributed by atoms with E-state index in [-0.39, 0.29) is 0 Å². The normalized spacial score (nSPS) is 18.9. The maximum atomic E-state index is 10.3. The standard InChI is InChI=1S/C15H26B3NO3/c1-21-12-8-11(14(16,17)15(18,19)20)13(22-2)7-10(12)9-5-3-4-6-9/h7-9,20H,3-6,16-19H2,1-2H3. The quantitative estimate of drug-likeness (QED) is 0.542. The van der Waals surface area contributed by atoms with Crippen molar-refractivity contribution >= 4 is 23.5 Å². The third-order valence-corrected chi connectivity index (χ3v) is 5.29. The molecule has 1 atom stereocenters. The van der Waals surface area contributed by atoms with Gasteiger partial charge in [-0.15, -0.1) is 0 Å². The van der Waals surface area contributed by atoms with Crippen LogP contribution in [-0.4, -0.2) is 48.5 Å². The number of hydrogen-bond acceptors (Lipinski definition) is 4. The highest BCUT2D eigenvalue weighted by molar-refractivity contribution is 6.45. The van der Waals surface area contributed by atoms with Gasteiger partial charge in [0.25, 0.3) is 0 Å². The fourth-order valence-electron chi connectivity index (χ4n) is 3.24. The van der Waals surface area contributed by atoms with Gasteiger partial charge in [-0.05, 0) is 41.7 Å². The van der Waals surface area contributed by atoms with Crippen molar-refractivity contribution in [2.45, 2.75) is 42.4 Å². The molecule has 1 fully saturated rings. The highest BCUT2D eigenvalue weighted by atomic mass is 16.5. The molecule has 0 radical (unpaired) electrons. The Morgan fingerprint density at radius 2 is 1.64 bits per heavy atom. The zero-order valence-corrected chi connectivity index (χ0v) is 14.4. The van der Waals surface area contributed by atoms with Crippen LogP contribution in [0.5, 0.6) is 11.5 Å². The summed E-state index contributed by atoms with van der Waals surface area (Å²) in [6.45, 7) is 0. The molecule has 3 N–H and O–H groups in total. The molecule has 0 bridgehead atoms. The zero-order chi connectivity index (χ0) is 16.5. The molecule has 4 nitrogen and oxygen atoms in total. The van der Waals surface area contributed by atoms with E-state index in [0.717, 1.165) is 17.1 Å². The number of methoxy groups -OCH3 is 2. The van der Waals surface area contributed by atoms with Gasteiger partial charge in [-0.25, -0.2) is 0 Å². The Labute approximate surface area is 136 Å². The van der Waals surface area contributed by atoms with E-state index in [2.05, 4.69) is 6.07 Å². The number of aliphatic hydroxyl groups is 1. The molecular weight excluding hydrogens is 275 g/mol. The summed E-state index contributed by atoms with van der Waals surface area (Å²) in [5, 5.41) is 9.68. The highest BCUT2D eigenvalue weighted by Crippen LogP contribution is 2.44. The summed E-state index contributed by atoms with van der Waals surface area (Å²) in [5.74, 6) is 2.15. The molecule has 2 rings (SSSR count). The van der Waals surface area contributed by atoms with Crippen molar-refractivity contribution in [3.63, 3.8) is 0 Å². The van der Waals surface area contributed by atoms with Gasteiger partial charge < -0.3 is 20.3 Å². The number of hydrogen-bond donors (Lipinski definition) is 2. The molecule has 0 saturated heterocycles. The lowest BCUT2D eigenvalue weighted by Gasteiger charge is -2.39. The predicted molar refractivity (Wildman–Crippen MR) is 97.2 cm³/mol. The number of rotatable bonds is 5. The summed E-state index contributed by atoms with van der Waals surface area (Å²) in [7, 11) is 8.80. The van der Waals surface area contributed by atoms with Crippen molar-refractivity contribution in [3.8, 4) is 11.5 Å². The van der Waals surface area contributed by atoms with Gasteiger partial charge in [-0.1, -0.05) is 12.8 Å². The molecule has 0 aromatic heterocycles. The van der Waals surface area contributed by atoms with E-state index in [4.69, 9.17) is 15.2 Å². The molecule has 118 valence electrons. The molecule has 1 aromatic carbocycles. The summed E-state index contributed by atoms with van der Waals surface area (Å²) >= 11 is 0. The maximum absolute atomic E-state index is 10.3. The topological polar surface area (TPSA) is 64.7 Å². The van der Waals surface area contributed by atoms with Crippen molar-refractivity contribution in [1.29, 1.82) is 0 Å². The van der Waals surface area contributed by atoms with Crippen molar-refractivity contribution in [3.05, 3.63) is 23.3 Å². The van der Waals surface area contributed by atoms with Gasteiger partial charge in [0, 0.05) is 5.56 Å². The van der Waals surface area contributed by atoms with Crippen molar-refractivity contribution < 1.29 is 14.6 Å². The Balaban J connectivity index is 2.56. The van der Waals surface area contributed by atoms with E-state index < -0.39 is 10.8 Å². The summed E-state index contributed by atoms with van der Waals surface area (Å²) < 4.78 is 11.2. The van der Waals surface area contributed by atoms with Gasteiger partial charge in [-0.3, -0.25) is 0 Å². The fraction of sp³-hybridized carbons (Fsp3) is 0.600. The molecule has 1 saturated carbocycles. The first kappa shape index (κ1) is 17.3. The molecule has 0 heterocycles. The largest absolute Gasteiger partial charge is 0.496 e. The van der Waals surface area contributed by atoms with Crippen molar-refractivity contribution in [1.82, 2.24) is 0 Å². The average molecular weight is 301 g/mol. The average Bonchev–Trinajstić information content (AvgIpc) is 2.98. The second kappa shape index (κ2) is 6.21. The van der Waals surface area contributed by atoms with E-state index in [1.807, 2.05) is 21.8 Å². The molecule has 0 amide bonds. The molecule has 0 aliphatic heterocycles. The molecule has 22 heavy (non-hydrogen) atoms. The van der Waals surface area contributed by atoms with Crippen LogP contribution in [0.25, 0.3) is 0 Å². The lowest BCUT2D eigenvalue weighted by Crippen LogP contribution is -2.60. The molecule has 1 aromatic rings. The first-order chi connectivity index (χ1) is 10.2. The minimum Gasteiger partial charge on any atom is -0.496 e. The van der Waals surface area contributed by atoms with Crippen LogP contribution in [0, 0.1) is 0 Å². The predicted octanol–water partition coefficient (Wildman–Crippen LogP) is -0.982. The van der Waals surface area contributed by atoms with E-state index >= 15 is 0 Å². The van der Waals surface area contributed by atoms with Crippen LogP contribution in [0.3, 0.4) is 0 Å². The fourth-order valence-corrected chi connectivity index (χ4v) is 3.24. The van der Waals surface area contributed by atoms with Gasteiger partial charge in [0.05, 0.1) is 19.8 Å². The Kier molecular flexibility index (Phi) is 4.88. The maximum Gasteiger partial charge on any atom is 0.161 e. The van der Waals surface area contributed by atoms with E-state index in [1.54, 1.807) is 22.1 Å². The lowest BCUT2D eigenvalue weighted by atomic mass is 9.42. The third kappa shape index (κ3) is 3.02. The first-order valence-corrected chi connectivity index (χ1v) is 8.00. The van der Waals surface area contributed by atoms with Gasteiger partial charge in [0.1, 0.15) is 27.2 Å². The lowest BCUT2D eigenvalue weighted by molar-refractivity contribution is 0.114. The summed E-state index contributed by atoms with van der Waals surface area (Å²) in [5.41, 5.74) is 6.68. The van der Waals surface area contributed by atoms with Crippen molar-refractivity contribution in [2.75, 3.05) is 14.2 Å². The molecule has 7 heteroatoms. The van der Waals surface area contributed by atoms with E-state index in [1.165, 1.54) is 31.2 Å². The first-order valence-electron chi connectivity index (χ1n) is 8.00. The molecular formula is C15H26B3NO3. The highest BCUT2D eigenvalue weighted by Gasteiger charge is 2.39. The van der Waals surface area contributed by atoms with Crippen LogP contribution in [0.1, 0.15) is 42.7 Å². The van der Waals surface area contributed by atoms with Gasteiger partial charge >= 0.3 is 0 Å². The summed E-state index contributed by atoms with van der Waals surface area (Å²) in [4.78, 5) is 0. The Hall–Kier alpha value is -1.07. The Morgan fingerprint density at radius 1 is 1.09 bits per heavy atom. The molecule has 1 aliphatic rings. The minimum absolute atomic E-state index is 0.527. The zero-order valence-electron chi connectivity index (χ0n) is 14.4. The number of benzene rings is 1. The van der Waals surface area contributed by atoms with Crippen LogP contribution < -0.4 is 15.2 Å². The second-order valence-corrected chi connectivity index (χ2v) is 7.05. The van der Waals surface area contributed by atoms with Crippen LogP contribution in [0.15, 0.2) is 12.1 Å². The summed E-state index contributed by atoms with van der Waals surface area (Å²) in [6.07, 6.45) is 4.91. The monoisotopic (exact) mass is 301 g/mol. The smallest absolute Gasteiger partial charge is 0.161 e. The van der Waals surface area contributed by atoms with Crippen LogP contribution in [0.4, 0.5) is 0 Å². The van der Waals surface area contributed by atoms with Gasteiger partial charge in [0.2, 0.25) is 0 Å². The van der Waals surface area contributed by atoms with Crippen LogP contribution in [0.2, 0.25) is 0 Å². The van der Waals surface area contributed by atoms with Crippen molar-refractivity contribution in [2.24, 2.45) is 5.73 Å². The number of ether oxygens (including phenoxy) is 2. The Morgan fingerprint density at radius 3 is 2.09 bits per heavy atom. The molecule has 0 spiro atoms. The molecule has 1 unspecified atom stereocenters. The van der Waals surface area contributed by atoms with E-state index in [9.17, 15) is 5.11 Å². The second-order valence-electron chi connectivity index (χ2n) is 7.05. The number of nitrogens with two attached hydrogens (primary N) is 1. The minimum atomic E-state index is -1.36. The van der Waals surface area contributed by atoms with Crippen LogP contribution in [-0.2, 0) is 5.21 Å². The SMILES string of the molecule is BC(N)(O)C(B)(B)c1cc(OC)c(C2CCCC2)cc1OC. The molecule has 1 aliphatic carbocycles. The van der Waals surface area contributed by atoms with Crippen LogP contribution >= 0.6 is 0 Å². The summed E-state index contributed by atoms with van der Waals surface area (Å²) in [6, 6.07) is 4.05. The van der Waals surface area contributed by atoms with Gasteiger partial charge in [0.15, 0.2) is 7.85 Å². The Bertz CT molecular complexity index is 538. The van der Waals surface area contributed by atoms with Gasteiger partial charge in [-0.2, -0.15) is 0 Å².